The van der Waals surface area contributed by atoms with Crippen LogP contribution in [0.25, 0.3) is 11.0 Å². The van der Waals surface area contributed by atoms with Gasteiger partial charge in [-0.05, 0) is 43.1 Å². The lowest BCUT2D eigenvalue weighted by Gasteiger charge is -2.29. The van der Waals surface area contributed by atoms with E-state index in [-0.39, 0.29) is 5.41 Å². The Morgan fingerprint density at radius 1 is 1.29 bits per heavy atom. The second-order valence-electron chi connectivity index (χ2n) is 5.81. The molecule has 0 aliphatic rings. The van der Waals surface area contributed by atoms with Gasteiger partial charge in [-0.1, -0.05) is 32.9 Å². The van der Waals surface area contributed by atoms with E-state index in [4.69, 9.17) is 12.2 Å². The number of rotatable bonds is 1. The van der Waals surface area contributed by atoms with Crippen molar-refractivity contribution in [3.63, 3.8) is 0 Å². The molecule has 0 radical (unpaired) electrons. The molecule has 3 heteroatoms. The highest BCUT2D eigenvalue weighted by atomic mass is 32.1. The van der Waals surface area contributed by atoms with Crippen LogP contribution in [0.1, 0.15) is 39.3 Å². The lowest BCUT2D eigenvalue weighted by molar-refractivity contribution is 0.265. The quantitative estimate of drug-likeness (QED) is 0.731. The molecule has 0 aliphatic heterocycles. The number of hydrogen-bond donors (Lipinski definition) is 1. The third kappa shape index (κ3) is 2.04. The van der Waals surface area contributed by atoms with Crippen LogP contribution in [0.5, 0.6) is 0 Å². The van der Waals surface area contributed by atoms with Crippen molar-refractivity contribution >= 4 is 23.3 Å². The molecule has 1 N–H and O–H groups in total. The summed E-state index contributed by atoms with van der Waals surface area (Å²) in [6, 6.07) is 6.65. The van der Waals surface area contributed by atoms with Crippen molar-refractivity contribution < 1.29 is 0 Å². The monoisotopic (exact) mass is 248 g/mol. The van der Waals surface area contributed by atoms with E-state index in [9.17, 15) is 0 Å². The van der Waals surface area contributed by atoms with E-state index in [0.29, 0.717) is 6.04 Å². The summed E-state index contributed by atoms with van der Waals surface area (Å²) in [6.07, 6.45) is 0. The first-order chi connectivity index (χ1) is 7.82. The number of aryl methyl sites for hydroxylation is 1. The molecule has 0 fully saturated rings. The molecule has 2 nitrogen and oxygen atoms in total. The summed E-state index contributed by atoms with van der Waals surface area (Å²) in [7, 11) is 0. The minimum Gasteiger partial charge on any atom is -0.331 e. The van der Waals surface area contributed by atoms with Crippen molar-refractivity contribution in [2.24, 2.45) is 5.41 Å². The average Bonchev–Trinajstić information content (AvgIpc) is 2.53. The SMILES string of the molecule is Cc1cccc2[nH]c(=S)n(C(C)C(C)(C)C)c12. The molecule has 2 rings (SSSR count). The maximum Gasteiger partial charge on any atom is 0.178 e. The summed E-state index contributed by atoms with van der Waals surface area (Å²) in [5.74, 6) is 0. The van der Waals surface area contributed by atoms with Crippen molar-refractivity contribution in [1.29, 1.82) is 0 Å². The van der Waals surface area contributed by atoms with Gasteiger partial charge in [0.1, 0.15) is 0 Å². The van der Waals surface area contributed by atoms with Gasteiger partial charge in [0.05, 0.1) is 11.0 Å². The van der Waals surface area contributed by atoms with Crippen LogP contribution >= 0.6 is 12.2 Å². The zero-order valence-electron chi connectivity index (χ0n) is 11.2. The van der Waals surface area contributed by atoms with E-state index < -0.39 is 0 Å². The molecule has 1 aromatic carbocycles. The van der Waals surface area contributed by atoms with E-state index in [1.807, 2.05) is 0 Å². The number of nitrogens with zero attached hydrogens (tertiary/aromatic N) is 1. The van der Waals surface area contributed by atoms with Crippen LogP contribution in [0.3, 0.4) is 0 Å². The summed E-state index contributed by atoms with van der Waals surface area (Å²) < 4.78 is 3.07. The predicted octanol–water partition coefficient (Wildman–Crippen LogP) is 4.61. The number of benzene rings is 1. The van der Waals surface area contributed by atoms with E-state index in [2.05, 4.69) is 62.4 Å². The minimum atomic E-state index is 0.190. The van der Waals surface area contributed by atoms with Gasteiger partial charge in [0.2, 0.25) is 0 Å². The molecule has 0 saturated heterocycles. The van der Waals surface area contributed by atoms with Gasteiger partial charge in [0.15, 0.2) is 4.77 Å². The Morgan fingerprint density at radius 3 is 2.53 bits per heavy atom. The molecular formula is C14H20N2S. The Balaban J connectivity index is 2.77. The number of aromatic amines is 1. The Morgan fingerprint density at radius 2 is 1.94 bits per heavy atom. The first-order valence-electron chi connectivity index (χ1n) is 6.02. The second-order valence-corrected chi connectivity index (χ2v) is 6.20. The first-order valence-corrected chi connectivity index (χ1v) is 6.43. The number of imidazole rings is 1. The highest BCUT2D eigenvalue weighted by molar-refractivity contribution is 7.71. The summed E-state index contributed by atoms with van der Waals surface area (Å²) in [4.78, 5) is 3.30. The molecular weight excluding hydrogens is 228 g/mol. The zero-order chi connectivity index (χ0) is 12.8. The highest BCUT2D eigenvalue weighted by Crippen LogP contribution is 2.33. The first kappa shape index (κ1) is 12.4. The van der Waals surface area contributed by atoms with E-state index in [1.54, 1.807) is 0 Å². The van der Waals surface area contributed by atoms with Crippen LogP contribution in [0.2, 0.25) is 0 Å². The third-order valence-electron chi connectivity index (χ3n) is 3.58. The minimum absolute atomic E-state index is 0.190. The lowest BCUT2D eigenvalue weighted by atomic mass is 9.88. The van der Waals surface area contributed by atoms with Crippen molar-refractivity contribution in [3.05, 3.63) is 28.5 Å². The normalized spacial score (nSPS) is 14.2. The summed E-state index contributed by atoms with van der Waals surface area (Å²) in [5.41, 5.74) is 3.83. The Kier molecular flexibility index (Phi) is 2.90. The number of hydrogen-bond acceptors (Lipinski definition) is 1. The number of fused-ring (bicyclic) bond motifs is 1. The van der Waals surface area contributed by atoms with Gasteiger partial charge < -0.3 is 9.55 Å². The Bertz CT molecular complexity index is 599. The molecule has 0 saturated carbocycles. The van der Waals surface area contributed by atoms with Crippen LogP contribution in [0.15, 0.2) is 18.2 Å². The lowest BCUT2D eigenvalue weighted by Crippen LogP contribution is -2.21. The predicted molar refractivity (Wildman–Crippen MR) is 76.0 cm³/mol. The van der Waals surface area contributed by atoms with Crippen LogP contribution in [0, 0.1) is 17.1 Å². The van der Waals surface area contributed by atoms with Gasteiger partial charge in [-0.3, -0.25) is 0 Å². The molecule has 0 bridgehead atoms. The van der Waals surface area contributed by atoms with Gasteiger partial charge >= 0.3 is 0 Å². The molecule has 1 heterocycles. The highest BCUT2D eigenvalue weighted by Gasteiger charge is 2.24. The van der Waals surface area contributed by atoms with Crippen LogP contribution in [-0.4, -0.2) is 9.55 Å². The van der Waals surface area contributed by atoms with Crippen LogP contribution in [0.4, 0.5) is 0 Å². The maximum absolute atomic E-state index is 5.47. The smallest absolute Gasteiger partial charge is 0.178 e. The van der Waals surface area contributed by atoms with E-state index in [1.165, 1.54) is 11.1 Å². The van der Waals surface area contributed by atoms with Gasteiger partial charge in [0.25, 0.3) is 0 Å². The Labute approximate surface area is 108 Å². The number of para-hydroxylation sites is 1. The van der Waals surface area contributed by atoms with Crippen molar-refractivity contribution in [1.82, 2.24) is 9.55 Å². The second kappa shape index (κ2) is 3.98. The number of nitrogens with one attached hydrogen (secondary N) is 1. The standard InChI is InChI=1S/C14H20N2S/c1-9-7-6-8-11-12(9)16(13(17)15-11)10(2)14(3,4)5/h6-8,10H,1-5H3,(H,15,17). The fraction of sp³-hybridized carbons (Fsp3) is 0.500. The topological polar surface area (TPSA) is 20.7 Å². The third-order valence-corrected chi connectivity index (χ3v) is 3.88. The summed E-state index contributed by atoms with van der Waals surface area (Å²) in [6.45, 7) is 11.1. The number of H-pyrrole nitrogens is 1. The fourth-order valence-electron chi connectivity index (χ4n) is 2.11. The molecule has 0 aliphatic carbocycles. The van der Waals surface area contributed by atoms with Gasteiger partial charge in [0, 0.05) is 6.04 Å². The molecule has 0 amide bonds. The summed E-state index contributed by atoms with van der Waals surface area (Å²) >= 11 is 5.47. The van der Waals surface area contributed by atoms with Crippen LogP contribution < -0.4 is 0 Å². The molecule has 92 valence electrons. The van der Waals surface area contributed by atoms with E-state index >= 15 is 0 Å². The molecule has 1 unspecified atom stereocenters. The Hall–Kier alpha value is -1.09. The summed E-state index contributed by atoms with van der Waals surface area (Å²) in [5, 5.41) is 0. The van der Waals surface area contributed by atoms with Crippen LogP contribution in [-0.2, 0) is 0 Å². The molecule has 0 spiro atoms. The maximum atomic E-state index is 5.47. The molecule has 1 atom stereocenters. The van der Waals surface area contributed by atoms with E-state index in [0.717, 1.165) is 10.3 Å². The fourth-order valence-corrected chi connectivity index (χ4v) is 2.47. The van der Waals surface area contributed by atoms with Gasteiger partial charge in [-0.15, -0.1) is 0 Å². The average molecular weight is 248 g/mol. The molecule has 1 aromatic heterocycles. The van der Waals surface area contributed by atoms with Gasteiger partial charge in [-0.2, -0.15) is 0 Å². The zero-order valence-corrected chi connectivity index (χ0v) is 12.0. The van der Waals surface area contributed by atoms with Gasteiger partial charge in [-0.25, -0.2) is 0 Å². The van der Waals surface area contributed by atoms with Crippen molar-refractivity contribution in [2.45, 2.75) is 40.7 Å². The number of aromatic nitrogens is 2. The molecule has 2 aromatic rings. The van der Waals surface area contributed by atoms with Crippen molar-refractivity contribution in [2.75, 3.05) is 0 Å². The van der Waals surface area contributed by atoms with Crippen molar-refractivity contribution in [3.8, 4) is 0 Å². The molecule has 17 heavy (non-hydrogen) atoms. The largest absolute Gasteiger partial charge is 0.331 e.